The Morgan fingerprint density at radius 1 is 1.12 bits per heavy atom. The van der Waals surface area contributed by atoms with Gasteiger partial charge in [-0.3, -0.25) is 0 Å². The number of rotatable bonds is 3. The van der Waals surface area contributed by atoms with Gasteiger partial charge in [0.25, 0.3) is 0 Å². The minimum Gasteiger partial charge on any atom is -0.383 e. The summed E-state index contributed by atoms with van der Waals surface area (Å²) in [4.78, 5) is 10.9. The summed E-state index contributed by atoms with van der Waals surface area (Å²) in [5.41, 5.74) is 6.83. The standard InChI is InChI=1S/C12H16N4/c1-3-16(4-2)12-14-10-8-6-5-7-9(10)11(13)15-12/h5-8H,3-4H2,1-2H3,(H2,13,14,15). The molecule has 0 radical (unpaired) electrons. The first-order chi connectivity index (χ1) is 7.76. The van der Waals surface area contributed by atoms with E-state index in [0.717, 1.165) is 24.0 Å². The number of fused-ring (bicyclic) bond motifs is 1. The van der Waals surface area contributed by atoms with Crippen molar-refractivity contribution in [3.63, 3.8) is 0 Å². The molecule has 0 amide bonds. The van der Waals surface area contributed by atoms with Crippen molar-refractivity contribution in [2.45, 2.75) is 13.8 Å². The molecule has 0 saturated heterocycles. The van der Waals surface area contributed by atoms with Crippen LogP contribution in [0.5, 0.6) is 0 Å². The van der Waals surface area contributed by atoms with Crippen molar-refractivity contribution in [3.8, 4) is 0 Å². The van der Waals surface area contributed by atoms with Crippen LogP contribution in [-0.4, -0.2) is 23.1 Å². The predicted octanol–water partition coefficient (Wildman–Crippen LogP) is 2.06. The van der Waals surface area contributed by atoms with Gasteiger partial charge in [0.15, 0.2) is 0 Å². The van der Waals surface area contributed by atoms with Crippen molar-refractivity contribution < 1.29 is 0 Å². The van der Waals surface area contributed by atoms with Gasteiger partial charge in [0.1, 0.15) is 5.82 Å². The Kier molecular flexibility index (Phi) is 2.90. The first-order valence-electron chi connectivity index (χ1n) is 5.53. The second kappa shape index (κ2) is 4.35. The highest BCUT2D eigenvalue weighted by molar-refractivity contribution is 5.88. The second-order valence-electron chi connectivity index (χ2n) is 3.60. The van der Waals surface area contributed by atoms with Crippen molar-refractivity contribution in [1.29, 1.82) is 0 Å². The highest BCUT2D eigenvalue weighted by atomic mass is 15.2. The number of benzene rings is 1. The molecule has 4 nitrogen and oxygen atoms in total. The number of hydrogen-bond acceptors (Lipinski definition) is 4. The van der Waals surface area contributed by atoms with Gasteiger partial charge in [0.2, 0.25) is 5.95 Å². The molecule has 0 aliphatic rings. The third-order valence-electron chi connectivity index (χ3n) is 2.67. The lowest BCUT2D eigenvalue weighted by molar-refractivity contribution is 0.827. The maximum Gasteiger partial charge on any atom is 0.227 e. The highest BCUT2D eigenvalue weighted by Crippen LogP contribution is 2.20. The number of nitrogens with zero attached hydrogens (tertiary/aromatic N) is 3. The molecule has 4 heteroatoms. The molecule has 0 bridgehead atoms. The van der Waals surface area contributed by atoms with Crippen LogP contribution in [-0.2, 0) is 0 Å². The van der Waals surface area contributed by atoms with E-state index in [1.54, 1.807) is 0 Å². The van der Waals surface area contributed by atoms with Crippen LogP contribution in [0.3, 0.4) is 0 Å². The van der Waals surface area contributed by atoms with Crippen molar-refractivity contribution in [1.82, 2.24) is 9.97 Å². The summed E-state index contributed by atoms with van der Waals surface area (Å²) >= 11 is 0. The van der Waals surface area contributed by atoms with E-state index in [2.05, 4.69) is 28.7 Å². The molecule has 2 N–H and O–H groups in total. The summed E-state index contributed by atoms with van der Waals surface area (Å²) in [5, 5.41) is 0.915. The van der Waals surface area contributed by atoms with Crippen molar-refractivity contribution in [2.24, 2.45) is 0 Å². The molecule has 0 aliphatic heterocycles. The number of para-hydroxylation sites is 1. The molecule has 2 rings (SSSR count). The summed E-state index contributed by atoms with van der Waals surface area (Å²) in [7, 11) is 0. The average molecular weight is 216 g/mol. The number of nitrogen functional groups attached to an aromatic ring is 1. The van der Waals surface area contributed by atoms with Crippen molar-refractivity contribution in [2.75, 3.05) is 23.7 Å². The lowest BCUT2D eigenvalue weighted by Gasteiger charge is -2.19. The highest BCUT2D eigenvalue weighted by Gasteiger charge is 2.08. The molecule has 16 heavy (non-hydrogen) atoms. The van der Waals surface area contributed by atoms with E-state index in [-0.39, 0.29) is 0 Å². The third-order valence-corrected chi connectivity index (χ3v) is 2.67. The van der Waals surface area contributed by atoms with Crippen LogP contribution in [0, 0.1) is 0 Å². The van der Waals surface area contributed by atoms with E-state index in [1.165, 1.54) is 0 Å². The summed E-state index contributed by atoms with van der Waals surface area (Å²) in [5.74, 6) is 1.26. The van der Waals surface area contributed by atoms with Crippen LogP contribution >= 0.6 is 0 Å². The third kappa shape index (κ3) is 1.78. The molecule has 1 aromatic heterocycles. The van der Waals surface area contributed by atoms with Crippen LogP contribution in [0.15, 0.2) is 24.3 Å². The molecule has 84 valence electrons. The SMILES string of the molecule is CCN(CC)c1nc(N)c2ccccc2n1. The van der Waals surface area contributed by atoms with Gasteiger partial charge in [-0.05, 0) is 26.0 Å². The Labute approximate surface area is 95.1 Å². The van der Waals surface area contributed by atoms with Gasteiger partial charge in [0.05, 0.1) is 5.52 Å². The zero-order valence-corrected chi connectivity index (χ0v) is 9.64. The molecule has 1 aromatic carbocycles. The zero-order valence-electron chi connectivity index (χ0n) is 9.64. The smallest absolute Gasteiger partial charge is 0.227 e. The summed E-state index contributed by atoms with van der Waals surface area (Å²) in [6, 6.07) is 7.80. The van der Waals surface area contributed by atoms with E-state index < -0.39 is 0 Å². The van der Waals surface area contributed by atoms with E-state index >= 15 is 0 Å². The van der Waals surface area contributed by atoms with Gasteiger partial charge in [-0.25, -0.2) is 4.98 Å². The Morgan fingerprint density at radius 2 is 1.81 bits per heavy atom. The van der Waals surface area contributed by atoms with Crippen LogP contribution in [0.2, 0.25) is 0 Å². The quantitative estimate of drug-likeness (QED) is 0.853. The van der Waals surface area contributed by atoms with Gasteiger partial charge in [0, 0.05) is 18.5 Å². The number of nitrogens with two attached hydrogens (primary N) is 1. The lowest BCUT2D eigenvalue weighted by atomic mass is 10.2. The normalized spacial score (nSPS) is 10.6. The number of anilines is 2. The topological polar surface area (TPSA) is 55.0 Å². The fraction of sp³-hybridized carbons (Fsp3) is 0.333. The Hall–Kier alpha value is -1.84. The molecule has 0 spiro atoms. The molecule has 0 saturated carbocycles. The van der Waals surface area contributed by atoms with Gasteiger partial charge in [-0.1, -0.05) is 12.1 Å². The summed E-state index contributed by atoms with van der Waals surface area (Å²) in [6.45, 7) is 5.93. The van der Waals surface area contributed by atoms with E-state index in [4.69, 9.17) is 5.73 Å². The molecule has 1 heterocycles. The van der Waals surface area contributed by atoms with Crippen LogP contribution in [0.4, 0.5) is 11.8 Å². The molecule has 2 aromatic rings. The fourth-order valence-electron chi connectivity index (χ4n) is 1.74. The first-order valence-corrected chi connectivity index (χ1v) is 5.53. The van der Waals surface area contributed by atoms with Crippen LogP contribution in [0.1, 0.15) is 13.8 Å². The van der Waals surface area contributed by atoms with E-state index in [9.17, 15) is 0 Å². The molecular weight excluding hydrogens is 200 g/mol. The monoisotopic (exact) mass is 216 g/mol. The Morgan fingerprint density at radius 3 is 2.50 bits per heavy atom. The van der Waals surface area contributed by atoms with Crippen LogP contribution in [0.25, 0.3) is 10.9 Å². The maximum absolute atomic E-state index is 5.93. The van der Waals surface area contributed by atoms with Crippen LogP contribution < -0.4 is 10.6 Å². The summed E-state index contributed by atoms with van der Waals surface area (Å²) in [6.07, 6.45) is 0. The van der Waals surface area contributed by atoms with E-state index in [0.29, 0.717) is 11.8 Å². The Bertz CT molecular complexity index is 491. The maximum atomic E-state index is 5.93. The molecule has 0 unspecified atom stereocenters. The van der Waals surface area contributed by atoms with Gasteiger partial charge < -0.3 is 10.6 Å². The van der Waals surface area contributed by atoms with Crippen molar-refractivity contribution >= 4 is 22.7 Å². The van der Waals surface area contributed by atoms with Gasteiger partial charge in [-0.2, -0.15) is 4.98 Å². The molecule has 0 aliphatic carbocycles. The number of hydrogen-bond donors (Lipinski definition) is 1. The van der Waals surface area contributed by atoms with Gasteiger partial charge >= 0.3 is 0 Å². The minimum absolute atomic E-state index is 0.549. The fourth-order valence-corrected chi connectivity index (χ4v) is 1.74. The zero-order chi connectivity index (χ0) is 11.5. The summed E-state index contributed by atoms with van der Waals surface area (Å²) < 4.78 is 0. The second-order valence-corrected chi connectivity index (χ2v) is 3.60. The minimum atomic E-state index is 0.549. The predicted molar refractivity (Wildman–Crippen MR) is 67.5 cm³/mol. The molecular formula is C12H16N4. The van der Waals surface area contributed by atoms with Gasteiger partial charge in [-0.15, -0.1) is 0 Å². The Balaban J connectivity index is 2.57. The molecule has 0 atom stereocenters. The average Bonchev–Trinajstić information content (AvgIpc) is 2.31. The molecule has 0 fully saturated rings. The van der Waals surface area contributed by atoms with E-state index in [1.807, 2.05) is 24.3 Å². The van der Waals surface area contributed by atoms with Crippen molar-refractivity contribution in [3.05, 3.63) is 24.3 Å². The lowest BCUT2D eigenvalue weighted by Crippen LogP contribution is -2.24. The number of aromatic nitrogens is 2. The first kappa shape index (κ1) is 10.7. The largest absolute Gasteiger partial charge is 0.383 e.